The molecule has 0 spiro atoms. The predicted octanol–water partition coefficient (Wildman–Crippen LogP) is 2.56. The third-order valence-corrected chi connectivity index (χ3v) is 2.07. The van der Waals surface area contributed by atoms with E-state index in [0.29, 0.717) is 5.75 Å². The third kappa shape index (κ3) is 0.823. The molecule has 0 radical (unpaired) electrons. The molecule has 0 saturated carbocycles. The van der Waals surface area contributed by atoms with Gasteiger partial charge < -0.3 is 4.74 Å². The van der Waals surface area contributed by atoms with Crippen molar-refractivity contribution in [3.05, 3.63) is 29.8 Å². The summed E-state index contributed by atoms with van der Waals surface area (Å²) in [4.78, 5) is 0. The van der Waals surface area contributed by atoms with E-state index in [2.05, 4.69) is 4.74 Å². The highest BCUT2D eigenvalue weighted by Crippen LogP contribution is 2.44. The first kappa shape index (κ1) is 7.53. The van der Waals surface area contributed by atoms with E-state index >= 15 is 0 Å². The summed E-state index contributed by atoms with van der Waals surface area (Å²) >= 11 is 0. The monoisotopic (exact) mass is 170 g/mol. The van der Waals surface area contributed by atoms with Crippen LogP contribution in [0.15, 0.2) is 24.3 Å². The van der Waals surface area contributed by atoms with Gasteiger partial charge in [0.15, 0.2) is 0 Å². The van der Waals surface area contributed by atoms with Crippen LogP contribution in [-0.2, 0) is 5.67 Å². The number of alkyl halides is 2. The van der Waals surface area contributed by atoms with E-state index in [1.165, 1.54) is 13.0 Å². The van der Waals surface area contributed by atoms with Crippen LogP contribution in [0.2, 0.25) is 0 Å². The molecular formula is C9H8F2O. The number of fused-ring (bicyclic) bond motifs is 1. The Kier molecular flexibility index (Phi) is 1.37. The van der Waals surface area contributed by atoms with Crippen molar-refractivity contribution in [1.29, 1.82) is 0 Å². The van der Waals surface area contributed by atoms with Gasteiger partial charge in [-0.05, 0) is 13.0 Å². The van der Waals surface area contributed by atoms with Crippen molar-refractivity contribution in [2.75, 3.05) is 0 Å². The highest BCUT2D eigenvalue weighted by atomic mass is 19.2. The first-order chi connectivity index (χ1) is 5.62. The first-order valence-electron chi connectivity index (χ1n) is 3.71. The van der Waals surface area contributed by atoms with Gasteiger partial charge >= 0.3 is 0 Å². The van der Waals surface area contributed by atoms with E-state index < -0.39 is 12.0 Å². The van der Waals surface area contributed by atoms with E-state index in [0.717, 1.165) is 0 Å². The largest absolute Gasteiger partial charge is 0.456 e. The smallest absolute Gasteiger partial charge is 0.276 e. The first-order valence-corrected chi connectivity index (χ1v) is 3.71. The van der Waals surface area contributed by atoms with Crippen LogP contribution in [0.4, 0.5) is 8.78 Å². The second kappa shape index (κ2) is 2.19. The number of para-hydroxylation sites is 1. The molecule has 12 heavy (non-hydrogen) atoms. The number of hydrogen-bond donors (Lipinski definition) is 0. The van der Waals surface area contributed by atoms with Crippen molar-refractivity contribution < 1.29 is 13.5 Å². The average Bonchev–Trinajstić information content (AvgIpc) is 2.25. The summed E-state index contributed by atoms with van der Waals surface area (Å²) in [5.41, 5.74) is -1.71. The van der Waals surface area contributed by atoms with Gasteiger partial charge in [-0.1, -0.05) is 18.2 Å². The van der Waals surface area contributed by atoms with Crippen molar-refractivity contribution in [2.24, 2.45) is 0 Å². The Morgan fingerprint density at radius 2 is 2.08 bits per heavy atom. The van der Waals surface area contributed by atoms with Gasteiger partial charge in [-0.25, -0.2) is 4.39 Å². The summed E-state index contributed by atoms with van der Waals surface area (Å²) in [6, 6.07) is 6.45. The van der Waals surface area contributed by atoms with Crippen LogP contribution in [0, 0.1) is 0 Å². The number of halogens is 2. The van der Waals surface area contributed by atoms with Crippen molar-refractivity contribution in [1.82, 2.24) is 0 Å². The molecule has 2 atom stereocenters. The molecule has 1 heterocycles. The summed E-state index contributed by atoms with van der Waals surface area (Å²) in [5, 5.41) is 0. The quantitative estimate of drug-likeness (QED) is 0.581. The van der Waals surface area contributed by atoms with Crippen molar-refractivity contribution in [3.8, 4) is 5.75 Å². The number of rotatable bonds is 0. The summed E-state index contributed by atoms with van der Waals surface area (Å²) in [5.74, 6) is 0.301. The zero-order chi connectivity index (χ0) is 8.77. The fourth-order valence-corrected chi connectivity index (χ4v) is 1.32. The molecule has 0 amide bonds. The Labute approximate surface area is 69.0 Å². The molecule has 0 fully saturated rings. The molecule has 0 aromatic heterocycles. The maximum atomic E-state index is 13.5. The fraction of sp³-hybridized carbons (Fsp3) is 0.333. The minimum Gasteiger partial charge on any atom is -0.456 e. The Bertz CT molecular complexity index is 309. The normalized spacial score (nSPS) is 32.8. The molecule has 1 aromatic carbocycles. The van der Waals surface area contributed by atoms with Crippen molar-refractivity contribution in [2.45, 2.75) is 19.0 Å². The molecule has 1 aliphatic heterocycles. The maximum Gasteiger partial charge on any atom is 0.276 e. The van der Waals surface area contributed by atoms with E-state index in [9.17, 15) is 8.78 Å². The van der Waals surface area contributed by atoms with E-state index in [1.807, 2.05) is 0 Å². The fourth-order valence-electron chi connectivity index (χ4n) is 1.32. The van der Waals surface area contributed by atoms with Crippen LogP contribution in [0.1, 0.15) is 12.5 Å². The molecule has 1 aliphatic rings. The molecule has 1 nitrogen and oxygen atoms in total. The third-order valence-electron chi connectivity index (χ3n) is 2.07. The molecular weight excluding hydrogens is 162 g/mol. The molecule has 64 valence electrons. The molecule has 0 aliphatic carbocycles. The molecule has 0 unspecified atom stereocenters. The van der Waals surface area contributed by atoms with Crippen LogP contribution < -0.4 is 4.74 Å². The Balaban J connectivity index is 2.55. The van der Waals surface area contributed by atoms with Crippen LogP contribution in [-0.4, -0.2) is 6.36 Å². The van der Waals surface area contributed by atoms with Gasteiger partial charge in [0.25, 0.3) is 6.36 Å². The lowest BCUT2D eigenvalue weighted by molar-refractivity contribution is -0.0391. The molecule has 0 saturated heterocycles. The van der Waals surface area contributed by atoms with Crippen molar-refractivity contribution in [3.63, 3.8) is 0 Å². The predicted molar refractivity (Wildman–Crippen MR) is 40.4 cm³/mol. The zero-order valence-corrected chi connectivity index (χ0v) is 6.55. The minimum absolute atomic E-state index is 0.289. The van der Waals surface area contributed by atoms with Gasteiger partial charge in [-0.15, -0.1) is 0 Å². The van der Waals surface area contributed by atoms with Gasteiger partial charge in [0.05, 0.1) is 0 Å². The highest BCUT2D eigenvalue weighted by Gasteiger charge is 2.46. The molecule has 3 heteroatoms. The lowest BCUT2D eigenvalue weighted by Crippen LogP contribution is -2.26. The highest BCUT2D eigenvalue weighted by molar-refractivity contribution is 5.41. The average molecular weight is 170 g/mol. The van der Waals surface area contributed by atoms with E-state index in [4.69, 9.17) is 0 Å². The van der Waals surface area contributed by atoms with Crippen LogP contribution in [0.5, 0.6) is 5.75 Å². The van der Waals surface area contributed by atoms with Gasteiger partial charge in [0.2, 0.25) is 5.67 Å². The second-order valence-corrected chi connectivity index (χ2v) is 3.01. The van der Waals surface area contributed by atoms with Gasteiger partial charge in [0, 0.05) is 5.56 Å². The number of hydrogen-bond acceptors (Lipinski definition) is 1. The molecule has 2 rings (SSSR count). The Morgan fingerprint density at radius 3 is 2.75 bits per heavy atom. The summed E-state index contributed by atoms with van der Waals surface area (Å²) in [6.07, 6.45) is -1.88. The standard InChI is InChI=1S/C9H8F2O/c1-9(11)6-4-2-3-5-7(6)12-8(9)10/h2-5,8H,1H3/t8-,9+/m0/s1. The topological polar surface area (TPSA) is 9.23 Å². The summed E-state index contributed by atoms with van der Waals surface area (Å²) in [6.45, 7) is 1.18. The van der Waals surface area contributed by atoms with Gasteiger partial charge in [-0.3, -0.25) is 0 Å². The van der Waals surface area contributed by atoms with Crippen LogP contribution in [0.25, 0.3) is 0 Å². The second-order valence-electron chi connectivity index (χ2n) is 3.01. The molecule has 1 aromatic rings. The van der Waals surface area contributed by atoms with E-state index in [1.54, 1.807) is 18.2 Å². The van der Waals surface area contributed by atoms with Crippen molar-refractivity contribution >= 4 is 0 Å². The molecule has 0 bridgehead atoms. The van der Waals surface area contributed by atoms with E-state index in [-0.39, 0.29) is 5.56 Å². The Morgan fingerprint density at radius 1 is 1.42 bits per heavy atom. The summed E-state index contributed by atoms with van der Waals surface area (Å²) < 4.78 is 31.1. The van der Waals surface area contributed by atoms with Gasteiger partial charge in [0.1, 0.15) is 5.75 Å². The Hall–Kier alpha value is -1.12. The van der Waals surface area contributed by atoms with Crippen LogP contribution >= 0.6 is 0 Å². The van der Waals surface area contributed by atoms with Crippen LogP contribution in [0.3, 0.4) is 0 Å². The zero-order valence-electron chi connectivity index (χ0n) is 6.55. The summed E-state index contributed by atoms with van der Waals surface area (Å²) in [7, 11) is 0. The lowest BCUT2D eigenvalue weighted by Gasteiger charge is -2.13. The minimum atomic E-state index is -2.00. The molecule has 0 N–H and O–H groups in total. The lowest BCUT2D eigenvalue weighted by atomic mass is 10.00. The number of benzene rings is 1. The van der Waals surface area contributed by atoms with Gasteiger partial charge in [-0.2, -0.15) is 4.39 Å². The maximum absolute atomic E-state index is 13.5. The SMILES string of the molecule is C[C@@]1(F)c2ccccc2O[C@@H]1F. The number of ether oxygens (including phenoxy) is 1.